The molecule has 19 heavy (non-hydrogen) atoms. The summed E-state index contributed by atoms with van der Waals surface area (Å²) < 4.78 is 11.3. The molecule has 4 nitrogen and oxygen atoms in total. The maximum atomic E-state index is 11.6. The van der Waals surface area contributed by atoms with Gasteiger partial charge >= 0.3 is 0 Å². The molecule has 1 aliphatic carbocycles. The molecule has 3 rings (SSSR count). The van der Waals surface area contributed by atoms with Crippen molar-refractivity contribution >= 4 is 5.91 Å². The normalized spacial score (nSPS) is 33.8. The zero-order valence-electron chi connectivity index (χ0n) is 11.1. The van der Waals surface area contributed by atoms with Crippen molar-refractivity contribution in [2.75, 3.05) is 6.61 Å². The SMILES string of the molecule is CC1OC[C@]2(C[C@H](OCc3ccccc3)C2)NC1=O. The van der Waals surface area contributed by atoms with E-state index in [9.17, 15) is 4.79 Å². The van der Waals surface area contributed by atoms with E-state index in [1.807, 2.05) is 18.2 Å². The van der Waals surface area contributed by atoms with Crippen LogP contribution in [0.4, 0.5) is 0 Å². The van der Waals surface area contributed by atoms with Gasteiger partial charge in [-0.2, -0.15) is 0 Å². The molecule has 4 heteroatoms. The molecule has 1 N–H and O–H groups in total. The van der Waals surface area contributed by atoms with Gasteiger partial charge < -0.3 is 14.8 Å². The summed E-state index contributed by atoms with van der Waals surface area (Å²) in [5, 5.41) is 3.06. The Morgan fingerprint density at radius 1 is 1.37 bits per heavy atom. The van der Waals surface area contributed by atoms with E-state index in [1.165, 1.54) is 5.56 Å². The van der Waals surface area contributed by atoms with Gasteiger partial charge in [-0.1, -0.05) is 30.3 Å². The third kappa shape index (κ3) is 2.65. The first-order valence-corrected chi connectivity index (χ1v) is 6.76. The molecule has 102 valence electrons. The number of hydrogen-bond donors (Lipinski definition) is 1. The van der Waals surface area contributed by atoms with Crippen LogP contribution < -0.4 is 5.32 Å². The van der Waals surface area contributed by atoms with Crippen molar-refractivity contribution in [3.63, 3.8) is 0 Å². The highest BCUT2D eigenvalue weighted by Crippen LogP contribution is 2.37. The minimum absolute atomic E-state index is 0.00670. The number of carbonyl (C=O) groups is 1. The summed E-state index contributed by atoms with van der Waals surface area (Å²) in [4.78, 5) is 11.6. The molecule has 1 saturated carbocycles. The second kappa shape index (κ2) is 4.94. The van der Waals surface area contributed by atoms with Crippen LogP contribution in [0.1, 0.15) is 25.3 Å². The molecule has 0 bridgehead atoms. The highest BCUT2D eigenvalue weighted by molar-refractivity contribution is 5.82. The van der Waals surface area contributed by atoms with Crippen LogP contribution in [0.15, 0.2) is 30.3 Å². The molecule has 1 saturated heterocycles. The molecular weight excluding hydrogens is 242 g/mol. The van der Waals surface area contributed by atoms with Crippen LogP contribution in [0.5, 0.6) is 0 Å². The Labute approximate surface area is 113 Å². The molecule has 1 atom stereocenters. The second-order valence-corrected chi connectivity index (χ2v) is 5.55. The summed E-state index contributed by atoms with van der Waals surface area (Å²) in [5.74, 6) is -0.00670. The number of nitrogens with one attached hydrogen (secondary N) is 1. The highest BCUT2D eigenvalue weighted by atomic mass is 16.5. The molecule has 0 radical (unpaired) electrons. The smallest absolute Gasteiger partial charge is 0.249 e. The first-order chi connectivity index (χ1) is 9.17. The zero-order valence-corrected chi connectivity index (χ0v) is 11.1. The summed E-state index contributed by atoms with van der Waals surface area (Å²) in [6.45, 7) is 3.02. The third-order valence-electron chi connectivity index (χ3n) is 3.93. The van der Waals surface area contributed by atoms with E-state index in [2.05, 4.69) is 17.4 Å². The van der Waals surface area contributed by atoms with Crippen molar-refractivity contribution in [3.05, 3.63) is 35.9 Å². The van der Waals surface area contributed by atoms with Crippen LogP contribution in [-0.4, -0.2) is 30.3 Å². The molecule has 2 aliphatic rings. The summed E-state index contributed by atoms with van der Waals surface area (Å²) >= 11 is 0. The first kappa shape index (κ1) is 12.6. The second-order valence-electron chi connectivity index (χ2n) is 5.55. The number of carbonyl (C=O) groups excluding carboxylic acids is 1. The fourth-order valence-electron chi connectivity index (χ4n) is 2.70. The fourth-order valence-corrected chi connectivity index (χ4v) is 2.70. The van der Waals surface area contributed by atoms with Crippen molar-refractivity contribution in [1.82, 2.24) is 5.32 Å². The van der Waals surface area contributed by atoms with Gasteiger partial charge in [0.25, 0.3) is 0 Å². The molecule has 1 aliphatic heterocycles. The van der Waals surface area contributed by atoms with Crippen LogP contribution in [0, 0.1) is 0 Å². The Kier molecular flexibility index (Phi) is 3.29. The van der Waals surface area contributed by atoms with Gasteiger partial charge in [0.15, 0.2) is 0 Å². The zero-order chi connectivity index (χ0) is 13.3. The van der Waals surface area contributed by atoms with Crippen molar-refractivity contribution in [1.29, 1.82) is 0 Å². The van der Waals surface area contributed by atoms with Crippen LogP contribution in [0.2, 0.25) is 0 Å². The Morgan fingerprint density at radius 3 is 2.79 bits per heavy atom. The Balaban J connectivity index is 1.47. The quantitative estimate of drug-likeness (QED) is 0.899. The molecule has 1 aromatic rings. The largest absolute Gasteiger partial charge is 0.373 e. The van der Waals surface area contributed by atoms with E-state index in [0.29, 0.717) is 13.2 Å². The summed E-state index contributed by atoms with van der Waals surface area (Å²) in [6, 6.07) is 10.1. The van der Waals surface area contributed by atoms with Gasteiger partial charge in [-0.05, 0) is 25.3 Å². The number of rotatable bonds is 3. The first-order valence-electron chi connectivity index (χ1n) is 6.76. The predicted molar refractivity (Wildman–Crippen MR) is 70.5 cm³/mol. The van der Waals surface area contributed by atoms with Gasteiger partial charge in [0.05, 0.1) is 24.9 Å². The monoisotopic (exact) mass is 261 g/mol. The lowest BCUT2D eigenvalue weighted by molar-refractivity contribution is -0.160. The molecule has 1 heterocycles. The molecular formula is C15H19NO3. The van der Waals surface area contributed by atoms with Gasteiger partial charge in [0.2, 0.25) is 5.91 Å². The Hall–Kier alpha value is -1.39. The van der Waals surface area contributed by atoms with E-state index < -0.39 is 0 Å². The number of benzene rings is 1. The molecule has 1 aromatic carbocycles. The van der Waals surface area contributed by atoms with Crippen molar-refractivity contribution in [2.45, 2.75) is 44.1 Å². The number of hydrogen-bond acceptors (Lipinski definition) is 3. The van der Waals surface area contributed by atoms with Crippen LogP contribution in [0.25, 0.3) is 0 Å². The summed E-state index contributed by atoms with van der Waals surface area (Å²) in [5.41, 5.74) is 1.01. The summed E-state index contributed by atoms with van der Waals surface area (Å²) in [6.07, 6.45) is 1.59. The lowest BCUT2D eigenvalue weighted by Gasteiger charge is -2.50. The van der Waals surface area contributed by atoms with Gasteiger partial charge in [-0.25, -0.2) is 0 Å². The molecule has 1 spiro atoms. The third-order valence-corrected chi connectivity index (χ3v) is 3.93. The molecule has 0 aromatic heterocycles. The minimum atomic E-state index is -0.324. The van der Waals surface area contributed by atoms with Crippen molar-refractivity contribution in [3.8, 4) is 0 Å². The van der Waals surface area contributed by atoms with Crippen LogP contribution in [0.3, 0.4) is 0 Å². The average Bonchev–Trinajstić information content (AvgIpc) is 2.39. The van der Waals surface area contributed by atoms with Crippen molar-refractivity contribution < 1.29 is 14.3 Å². The number of morpholine rings is 1. The average molecular weight is 261 g/mol. The van der Waals surface area contributed by atoms with Gasteiger partial charge in [-0.3, -0.25) is 4.79 Å². The van der Waals surface area contributed by atoms with Crippen LogP contribution >= 0.6 is 0 Å². The summed E-state index contributed by atoms with van der Waals surface area (Å²) in [7, 11) is 0. The Bertz CT molecular complexity index is 454. The van der Waals surface area contributed by atoms with E-state index >= 15 is 0 Å². The number of amides is 1. The topological polar surface area (TPSA) is 47.6 Å². The van der Waals surface area contributed by atoms with Crippen LogP contribution in [-0.2, 0) is 20.9 Å². The molecule has 1 amide bonds. The lowest BCUT2D eigenvalue weighted by Crippen LogP contribution is -2.67. The lowest BCUT2D eigenvalue weighted by atomic mass is 9.74. The van der Waals surface area contributed by atoms with E-state index in [0.717, 1.165) is 12.8 Å². The van der Waals surface area contributed by atoms with E-state index in [-0.39, 0.29) is 23.7 Å². The van der Waals surface area contributed by atoms with Crippen molar-refractivity contribution in [2.24, 2.45) is 0 Å². The maximum absolute atomic E-state index is 11.6. The standard InChI is InChI=1S/C15H19NO3/c1-11-14(17)16-15(10-19-11)7-13(8-15)18-9-12-5-3-2-4-6-12/h2-6,11,13H,7-10H2,1H3,(H,16,17)/t11?,13-,15+. The minimum Gasteiger partial charge on any atom is -0.373 e. The molecule has 2 fully saturated rings. The maximum Gasteiger partial charge on any atom is 0.249 e. The van der Waals surface area contributed by atoms with E-state index in [4.69, 9.17) is 9.47 Å². The fraction of sp³-hybridized carbons (Fsp3) is 0.533. The Morgan fingerprint density at radius 2 is 2.11 bits per heavy atom. The number of ether oxygens (including phenoxy) is 2. The predicted octanol–water partition coefficient (Wildman–Crippen LogP) is 1.64. The van der Waals surface area contributed by atoms with Gasteiger partial charge in [-0.15, -0.1) is 0 Å². The van der Waals surface area contributed by atoms with Gasteiger partial charge in [0, 0.05) is 0 Å². The van der Waals surface area contributed by atoms with Gasteiger partial charge in [0.1, 0.15) is 6.10 Å². The highest BCUT2D eigenvalue weighted by Gasteiger charge is 2.49. The molecule has 1 unspecified atom stereocenters. The van der Waals surface area contributed by atoms with E-state index in [1.54, 1.807) is 6.92 Å².